The van der Waals surface area contributed by atoms with Crippen LogP contribution < -0.4 is 5.32 Å². The second kappa shape index (κ2) is 11.2. The lowest BCUT2D eigenvalue weighted by atomic mass is 10.2. The average Bonchev–Trinajstić information content (AvgIpc) is 2.83. The molecule has 0 unspecified atom stereocenters. The van der Waals surface area contributed by atoms with Gasteiger partial charge in [0, 0.05) is 53.8 Å². The Morgan fingerprint density at radius 2 is 1.69 bits per heavy atom. The first-order valence-electron chi connectivity index (χ1n) is 10.0. The van der Waals surface area contributed by atoms with Crippen molar-refractivity contribution in [1.82, 2.24) is 24.9 Å². The summed E-state index contributed by atoms with van der Waals surface area (Å²) in [6, 6.07) is 13.5. The van der Waals surface area contributed by atoms with E-state index >= 15 is 0 Å². The first-order valence-corrected chi connectivity index (χ1v) is 10.0. The Morgan fingerprint density at radius 1 is 0.938 bits per heavy atom. The summed E-state index contributed by atoms with van der Waals surface area (Å²) >= 11 is 0. The minimum atomic E-state index is 0.582. The van der Waals surface area contributed by atoms with E-state index in [1.54, 1.807) is 30.9 Å². The highest BCUT2D eigenvalue weighted by molar-refractivity contribution is 5.64. The second-order valence-electron chi connectivity index (χ2n) is 6.90. The topological polar surface area (TPSA) is 88.8 Å². The molecule has 160 valence electrons. The first kappa shape index (κ1) is 22.4. The molecule has 4 aromatic rings. The van der Waals surface area contributed by atoms with Crippen LogP contribution in [0.15, 0.2) is 78.8 Å². The lowest BCUT2D eigenvalue weighted by molar-refractivity contribution is 1.00. The minimum absolute atomic E-state index is 0.582. The van der Waals surface area contributed by atoms with Gasteiger partial charge in [0.05, 0.1) is 5.69 Å². The number of nitrogens with one attached hydrogen (secondary N) is 1. The van der Waals surface area contributed by atoms with Gasteiger partial charge in [0.15, 0.2) is 5.82 Å². The molecule has 0 fully saturated rings. The van der Waals surface area contributed by atoms with Gasteiger partial charge in [-0.2, -0.15) is 0 Å². The number of aromatic nitrogens is 5. The maximum Gasteiger partial charge on any atom is 0.223 e. The van der Waals surface area contributed by atoms with Gasteiger partial charge in [0.25, 0.3) is 0 Å². The van der Waals surface area contributed by atoms with Gasteiger partial charge < -0.3 is 5.32 Å². The lowest BCUT2D eigenvalue weighted by Gasteiger charge is -2.06. The Bertz CT molecular complexity index is 1160. The minimum Gasteiger partial charge on any atom is -0.350 e. The van der Waals surface area contributed by atoms with Crippen molar-refractivity contribution in [2.75, 3.05) is 5.32 Å². The molecule has 3 heterocycles. The Labute approximate surface area is 188 Å². The molecule has 1 N–H and O–H groups in total. The van der Waals surface area contributed by atoms with E-state index in [0.29, 0.717) is 18.3 Å². The number of aryl methyl sites for hydroxylation is 2. The summed E-state index contributed by atoms with van der Waals surface area (Å²) in [6.07, 6.45) is 8.88. The molecule has 0 atom stereocenters. The highest BCUT2D eigenvalue weighted by atomic mass is 15.1. The van der Waals surface area contributed by atoms with Crippen LogP contribution in [-0.2, 0) is 6.54 Å². The smallest absolute Gasteiger partial charge is 0.223 e. The van der Waals surface area contributed by atoms with Crippen molar-refractivity contribution in [2.45, 2.75) is 20.4 Å². The molecule has 0 aliphatic heterocycles. The molecule has 0 spiro atoms. The van der Waals surface area contributed by atoms with Crippen molar-refractivity contribution in [1.29, 1.82) is 0 Å². The fraction of sp³-hybridized carbons (Fsp3) is 0.120. The van der Waals surface area contributed by atoms with Gasteiger partial charge in [-0.05, 0) is 50.4 Å². The number of nitrogens with zero attached hydrogens (tertiary/aromatic N) is 6. The van der Waals surface area contributed by atoms with Crippen molar-refractivity contribution < 1.29 is 0 Å². The standard InChI is InChI=1S/C16H16N6.C9H9N/c1-11-3-5-18-16(22-11)21-10-13-8-19-15(20-9-13)14-4-6-17-12(2)7-14;1-3-8-6-4-5-7-9(8)10-2/h3-9H,10H2,1-2H3,(H,18,21,22);3-7H,1-2H2. The van der Waals surface area contributed by atoms with E-state index in [0.717, 1.165) is 33.8 Å². The second-order valence-corrected chi connectivity index (χ2v) is 6.90. The van der Waals surface area contributed by atoms with E-state index < -0.39 is 0 Å². The molecular weight excluding hydrogens is 398 g/mol. The summed E-state index contributed by atoms with van der Waals surface area (Å²) < 4.78 is 0. The quantitative estimate of drug-likeness (QED) is 0.428. The molecule has 1 aromatic carbocycles. The summed E-state index contributed by atoms with van der Waals surface area (Å²) in [5.41, 5.74) is 5.73. The third-order valence-electron chi connectivity index (χ3n) is 4.43. The van der Waals surface area contributed by atoms with E-state index in [1.807, 2.05) is 56.3 Å². The fourth-order valence-corrected chi connectivity index (χ4v) is 2.80. The molecule has 0 aliphatic rings. The van der Waals surface area contributed by atoms with Crippen LogP contribution in [0.3, 0.4) is 0 Å². The third kappa shape index (κ3) is 6.37. The summed E-state index contributed by atoms with van der Waals surface area (Å²) in [6.45, 7) is 11.6. The zero-order chi connectivity index (χ0) is 22.8. The largest absolute Gasteiger partial charge is 0.350 e. The Balaban J connectivity index is 0.000000243. The molecule has 7 heteroatoms. The lowest BCUT2D eigenvalue weighted by Crippen LogP contribution is -2.05. The number of aliphatic imine (C=N–C) groups is 1. The predicted molar refractivity (Wildman–Crippen MR) is 130 cm³/mol. The van der Waals surface area contributed by atoms with Crippen molar-refractivity contribution in [2.24, 2.45) is 4.99 Å². The van der Waals surface area contributed by atoms with Crippen molar-refractivity contribution >= 4 is 24.4 Å². The van der Waals surface area contributed by atoms with E-state index in [-0.39, 0.29) is 0 Å². The monoisotopic (exact) mass is 423 g/mol. The number of hydrogen-bond donors (Lipinski definition) is 1. The highest BCUT2D eigenvalue weighted by Crippen LogP contribution is 2.18. The van der Waals surface area contributed by atoms with Crippen LogP contribution in [0.4, 0.5) is 11.6 Å². The molecular formula is C25H25N7. The van der Waals surface area contributed by atoms with Gasteiger partial charge in [-0.3, -0.25) is 9.98 Å². The maximum atomic E-state index is 4.40. The van der Waals surface area contributed by atoms with Crippen LogP contribution in [0.1, 0.15) is 22.5 Å². The summed E-state index contributed by atoms with van der Waals surface area (Å²) in [5.74, 6) is 1.30. The van der Waals surface area contributed by atoms with Gasteiger partial charge in [0.1, 0.15) is 0 Å². The van der Waals surface area contributed by atoms with Crippen molar-refractivity contribution in [3.8, 4) is 11.4 Å². The maximum absolute atomic E-state index is 4.40. The number of para-hydroxylation sites is 1. The molecule has 7 nitrogen and oxygen atoms in total. The van der Waals surface area contributed by atoms with E-state index in [9.17, 15) is 0 Å². The first-order chi connectivity index (χ1) is 15.6. The zero-order valence-electron chi connectivity index (χ0n) is 18.2. The number of benzene rings is 1. The van der Waals surface area contributed by atoms with Gasteiger partial charge >= 0.3 is 0 Å². The van der Waals surface area contributed by atoms with Crippen LogP contribution >= 0.6 is 0 Å². The van der Waals surface area contributed by atoms with Gasteiger partial charge in [-0.1, -0.05) is 30.9 Å². The summed E-state index contributed by atoms with van der Waals surface area (Å²) in [7, 11) is 0. The van der Waals surface area contributed by atoms with Crippen LogP contribution in [-0.4, -0.2) is 31.6 Å². The molecule has 32 heavy (non-hydrogen) atoms. The molecule has 0 bridgehead atoms. The molecule has 0 saturated carbocycles. The number of hydrogen-bond acceptors (Lipinski definition) is 7. The predicted octanol–water partition coefficient (Wildman–Crippen LogP) is 5.22. The van der Waals surface area contributed by atoms with Crippen molar-refractivity contribution in [3.63, 3.8) is 0 Å². The average molecular weight is 424 g/mol. The molecule has 3 aromatic heterocycles. The normalized spacial score (nSPS) is 9.94. The Kier molecular flexibility index (Phi) is 7.86. The van der Waals surface area contributed by atoms with E-state index in [1.165, 1.54) is 0 Å². The van der Waals surface area contributed by atoms with Crippen LogP contribution in [0, 0.1) is 13.8 Å². The third-order valence-corrected chi connectivity index (χ3v) is 4.43. The Hall–Kier alpha value is -4.26. The van der Waals surface area contributed by atoms with E-state index in [4.69, 9.17) is 0 Å². The zero-order valence-corrected chi connectivity index (χ0v) is 18.2. The van der Waals surface area contributed by atoms with Crippen LogP contribution in [0.5, 0.6) is 0 Å². The molecule has 0 amide bonds. The number of rotatable bonds is 6. The van der Waals surface area contributed by atoms with Gasteiger partial charge in [-0.25, -0.2) is 19.9 Å². The van der Waals surface area contributed by atoms with E-state index in [2.05, 4.69) is 48.5 Å². The summed E-state index contributed by atoms with van der Waals surface area (Å²) in [5, 5.41) is 3.16. The summed E-state index contributed by atoms with van der Waals surface area (Å²) in [4.78, 5) is 25.2. The van der Waals surface area contributed by atoms with Crippen LogP contribution in [0.2, 0.25) is 0 Å². The number of pyridine rings is 1. The van der Waals surface area contributed by atoms with Crippen LogP contribution in [0.25, 0.3) is 17.5 Å². The molecule has 0 aliphatic carbocycles. The number of anilines is 1. The van der Waals surface area contributed by atoms with Gasteiger partial charge in [-0.15, -0.1) is 0 Å². The Morgan fingerprint density at radius 3 is 2.34 bits per heavy atom. The fourth-order valence-electron chi connectivity index (χ4n) is 2.80. The van der Waals surface area contributed by atoms with Crippen molar-refractivity contribution in [3.05, 3.63) is 96.3 Å². The SMILES string of the molecule is C=Cc1ccccc1N=C.Cc1cc(-c2ncc(CNc3nccc(C)n3)cn2)ccn1. The molecule has 4 rings (SSSR count). The molecule has 0 radical (unpaired) electrons. The highest BCUT2D eigenvalue weighted by Gasteiger charge is 2.03. The molecule has 0 saturated heterocycles. The van der Waals surface area contributed by atoms with Gasteiger partial charge in [0.2, 0.25) is 5.95 Å².